The summed E-state index contributed by atoms with van der Waals surface area (Å²) < 4.78 is 31.1. The second-order valence-electron chi connectivity index (χ2n) is 6.20. The van der Waals surface area contributed by atoms with Crippen LogP contribution in [0.4, 0.5) is 5.69 Å². The summed E-state index contributed by atoms with van der Waals surface area (Å²) in [5, 5.41) is 3.37. The molecule has 1 N–H and O–H groups in total. The molecule has 1 aromatic rings. The lowest BCUT2D eigenvalue weighted by molar-refractivity contribution is -0.122. The van der Waals surface area contributed by atoms with Crippen LogP contribution in [0.3, 0.4) is 0 Å². The van der Waals surface area contributed by atoms with E-state index in [1.54, 1.807) is 31.2 Å². The number of anilines is 1. The van der Waals surface area contributed by atoms with E-state index in [0.717, 1.165) is 23.7 Å². The smallest absolute Gasteiger partial charge is 0.243 e. The van der Waals surface area contributed by atoms with Crippen molar-refractivity contribution in [1.29, 1.82) is 0 Å². The molecule has 7 nitrogen and oxygen atoms in total. The van der Waals surface area contributed by atoms with Crippen LogP contribution >= 0.6 is 11.6 Å². The molecule has 1 heterocycles. The average molecular weight is 404 g/mol. The van der Waals surface area contributed by atoms with Crippen LogP contribution in [0, 0.1) is 0 Å². The Morgan fingerprint density at radius 1 is 1.31 bits per heavy atom. The molecule has 1 fully saturated rings. The number of ether oxygens (including phenoxy) is 1. The topological polar surface area (TPSA) is 79.0 Å². The van der Waals surface area contributed by atoms with Crippen molar-refractivity contribution in [2.75, 3.05) is 50.0 Å². The van der Waals surface area contributed by atoms with E-state index in [9.17, 15) is 13.2 Å². The quantitative estimate of drug-likeness (QED) is 0.708. The number of amides is 1. The predicted octanol–water partition coefficient (Wildman–Crippen LogP) is 1.33. The van der Waals surface area contributed by atoms with Gasteiger partial charge in [-0.05, 0) is 30.7 Å². The summed E-state index contributed by atoms with van der Waals surface area (Å²) in [5.41, 5.74) is 0.423. The largest absolute Gasteiger partial charge is 0.379 e. The highest BCUT2D eigenvalue weighted by Crippen LogP contribution is 2.24. The molecular weight excluding hydrogens is 378 g/mol. The average Bonchev–Trinajstić information content (AvgIpc) is 2.60. The number of morpholine rings is 1. The summed E-state index contributed by atoms with van der Waals surface area (Å²) in [6.45, 7) is 6.05. The number of carbonyl (C=O) groups excluding carboxylic acids is 1. The molecule has 2 rings (SSSR count). The molecule has 1 atom stereocenters. The van der Waals surface area contributed by atoms with E-state index in [2.05, 4.69) is 10.2 Å². The maximum absolute atomic E-state index is 12.7. The Bertz CT molecular complexity index is 690. The normalized spacial score (nSPS) is 16.9. The van der Waals surface area contributed by atoms with Gasteiger partial charge in [0.05, 0.1) is 25.2 Å². The Labute approximate surface area is 160 Å². The van der Waals surface area contributed by atoms with Gasteiger partial charge in [-0.3, -0.25) is 14.0 Å². The first kappa shape index (κ1) is 21.0. The van der Waals surface area contributed by atoms with E-state index in [1.807, 2.05) is 0 Å². The Balaban J connectivity index is 2.06. The lowest BCUT2D eigenvalue weighted by Crippen LogP contribution is -2.50. The fraction of sp³-hybridized carbons (Fsp3) is 0.588. The molecule has 1 aromatic carbocycles. The second-order valence-corrected chi connectivity index (χ2v) is 8.50. The standard InChI is InChI=1S/C17H26ClN3O4S/c1-3-16(17(22)19-8-9-20-10-12-25-13-11-20)21(26(2,23)24)15-6-4-14(18)5-7-15/h4-7,16H,3,8-13H2,1-2H3,(H,19,22)/t16-/m1/s1. The van der Waals surface area contributed by atoms with Crippen molar-refractivity contribution in [3.8, 4) is 0 Å². The van der Waals surface area contributed by atoms with Crippen LogP contribution in [0.25, 0.3) is 0 Å². The van der Waals surface area contributed by atoms with Crippen molar-refractivity contribution in [3.63, 3.8) is 0 Å². The van der Waals surface area contributed by atoms with Crippen LogP contribution in [0.15, 0.2) is 24.3 Å². The van der Waals surface area contributed by atoms with E-state index in [-0.39, 0.29) is 5.91 Å². The SMILES string of the molecule is CC[C@H](C(=O)NCCN1CCOCC1)N(c1ccc(Cl)cc1)S(C)(=O)=O. The van der Waals surface area contributed by atoms with Gasteiger partial charge in [0.25, 0.3) is 0 Å². The zero-order chi connectivity index (χ0) is 19.2. The van der Waals surface area contributed by atoms with Crippen molar-refractivity contribution >= 4 is 33.2 Å². The monoisotopic (exact) mass is 403 g/mol. The number of hydrogen-bond donors (Lipinski definition) is 1. The maximum Gasteiger partial charge on any atom is 0.243 e. The molecule has 1 amide bonds. The van der Waals surface area contributed by atoms with Gasteiger partial charge in [-0.15, -0.1) is 0 Å². The van der Waals surface area contributed by atoms with Crippen LogP contribution in [0.5, 0.6) is 0 Å². The summed E-state index contributed by atoms with van der Waals surface area (Å²) in [4.78, 5) is 14.9. The van der Waals surface area contributed by atoms with Gasteiger partial charge in [-0.2, -0.15) is 0 Å². The number of benzene rings is 1. The Kier molecular flexibility index (Phi) is 7.69. The molecule has 0 aromatic heterocycles. The van der Waals surface area contributed by atoms with E-state index in [1.165, 1.54) is 0 Å². The highest BCUT2D eigenvalue weighted by atomic mass is 35.5. The van der Waals surface area contributed by atoms with Crippen molar-refractivity contribution in [3.05, 3.63) is 29.3 Å². The molecule has 0 aliphatic carbocycles. The third-order valence-corrected chi connectivity index (χ3v) is 5.67. The zero-order valence-corrected chi connectivity index (χ0v) is 16.7. The van der Waals surface area contributed by atoms with Crippen LogP contribution in [0.1, 0.15) is 13.3 Å². The molecule has 26 heavy (non-hydrogen) atoms. The first-order valence-corrected chi connectivity index (χ1v) is 10.9. The van der Waals surface area contributed by atoms with Gasteiger partial charge in [0, 0.05) is 31.2 Å². The highest BCUT2D eigenvalue weighted by Gasteiger charge is 2.31. The minimum Gasteiger partial charge on any atom is -0.379 e. The lowest BCUT2D eigenvalue weighted by atomic mass is 10.2. The third kappa shape index (κ3) is 5.84. The first-order valence-electron chi connectivity index (χ1n) is 8.65. The zero-order valence-electron chi connectivity index (χ0n) is 15.2. The molecule has 0 bridgehead atoms. The number of halogens is 1. The molecule has 0 spiro atoms. The first-order chi connectivity index (χ1) is 12.3. The van der Waals surface area contributed by atoms with E-state index >= 15 is 0 Å². The molecule has 9 heteroatoms. The van der Waals surface area contributed by atoms with Crippen LogP contribution < -0.4 is 9.62 Å². The summed E-state index contributed by atoms with van der Waals surface area (Å²) >= 11 is 5.89. The fourth-order valence-corrected chi connectivity index (χ4v) is 4.27. The van der Waals surface area contributed by atoms with E-state index in [0.29, 0.717) is 43.4 Å². The van der Waals surface area contributed by atoms with Crippen LogP contribution in [0.2, 0.25) is 5.02 Å². The molecule has 0 radical (unpaired) electrons. The van der Waals surface area contributed by atoms with Gasteiger partial charge >= 0.3 is 0 Å². The Morgan fingerprint density at radius 2 is 1.92 bits per heavy atom. The Hall–Kier alpha value is -1.35. The summed E-state index contributed by atoms with van der Waals surface area (Å²) in [6.07, 6.45) is 1.46. The molecule has 0 unspecified atom stereocenters. The minimum atomic E-state index is -3.63. The number of sulfonamides is 1. The summed E-state index contributed by atoms with van der Waals surface area (Å²) in [7, 11) is -3.63. The fourth-order valence-electron chi connectivity index (χ4n) is 2.93. The number of carbonyl (C=O) groups is 1. The van der Waals surface area contributed by atoms with Crippen LogP contribution in [-0.2, 0) is 19.6 Å². The van der Waals surface area contributed by atoms with Gasteiger partial charge < -0.3 is 10.1 Å². The van der Waals surface area contributed by atoms with Crippen molar-refractivity contribution < 1.29 is 17.9 Å². The minimum absolute atomic E-state index is 0.305. The highest BCUT2D eigenvalue weighted by molar-refractivity contribution is 7.92. The van der Waals surface area contributed by atoms with Crippen molar-refractivity contribution in [2.45, 2.75) is 19.4 Å². The maximum atomic E-state index is 12.7. The van der Waals surface area contributed by atoms with Gasteiger partial charge in [0.15, 0.2) is 0 Å². The third-order valence-electron chi connectivity index (χ3n) is 4.24. The molecule has 1 aliphatic rings. The predicted molar refractivity (Wildman–Crippen MR) is 103 cm³/mol. The number of nitrogens with zero attached hydrogens (tertiary/aromatic N) is 2. The summed E-state index contributed by atoms with van der Waals surface area (Å²) in [5.74, 6) is -0.305. The molecule has 1 saturated heterocycles. The van der Waals surface area contributed by atoms with Gasteiger partial charge in [0.1, 0.15) is 6.04 Å². The van der Waals surface area contributed by atoms with Crippen LogP contribution in [-0.4, -0.2) is 70.9 Å². The number of nitrogens with one attached hydrogen (secondary N) is 1. The molecule has 0 saturated carbocycles. The summed E-state index contributed by atoms with van der Waals surface area (Å²) in [6, 6.07) is 5.62. The van der Waals surface area contributed by atoms with Crippen molar-refractivity contribution in [1.82, 2.24) is 10.2 Å². The second kappa shape index (κ2) is 9.55. The van der Waals surface area contributed by atoms with E-state index in [4.69, 9.17) is 16.3 Å². The Morgan fingerprint density at radius 3 is 2.46 bits per heavy atom. The van der Waals surface area contributed by atoms with Gasteiger partial charge in [0.2, 0.25) is 15.9 Å². The van der Waals surface area contributed by atoms with Crippen molar-refractivity contribution in [2.24, 2.45) is 0 Å². The number of rotatable bonds is 8. The molecular formula is C17H26ClN3O4S. The van der Waals surface area contributed by atoms with Gasteiger partial charge in [-0.25, -0.2) is 8.42 Å². The molecule has 1 aliphatic heterocycles. The molecule has 146 valence electrons. The van der Waals surface area contributed by atoms with Gasteiger partial charge in [-0.1, -0.05) is 18.5 Å². The number of hydrogen-bond acceptors (Lipinski definition) is 5. The van der Waals surface area contributed by atoms with E-state index < -0.39 is 16.1 Å². The lowest BCUT2D eigenvalue weighted by Gasteiger charge is -2.31.